The molecule has 5 nitrogen and oxygen atoms in total. The van der Waals surface area contributed by atoms with E-state index in [2.05, 4.69) is 27.2 Å². The molecule has 0 aliphatic carbocycles. The molecule has 0 bridgehead atoms. The van der Waals surface area contributed by atoms with Gasteiger partial charge in [-0.25, -0.2) is 4.98 Å². The zero-order valence-corrected chi connectivity index (χ0v) is 13.6. The smallest absolute Gasteiger partial charge is 0.223 e. The quantitative estimate of drug-likeness (QED) is 0.554. The molecular formula is C17H14N4OS. The third-order valence-electron chi connectivity index (χ3n) is 3.63. The molecule has 114 valence electrons. The van der Waals surface area contributed by atoms with E-state index < -0.39 is 0 Å². The molecule has 0 N–H and O–H groups in total. The standard InChI is InChI=1S/C17H14N4OS/c1-4-7-14-12(5-2)21-13-9-6-8-11(15(13)19-17(21)23-14)16-18-10(3)22-20-16/h4-9H,2H2,1,3H3/b7-4-. The number of imidazole rings is 1. The first-order valence-corrected chi connectivity index (χ1v) is 8.04. The van der Waals surface area contributed by atoms with Crippen LogP contribution in [0.5, 0.6) is 0 Å². The molecule has 0 saturated heterocycles. The number of aromatic nitrogens is 4. The molecule has 0 aliphatic rings. The van der Waals surface area contributed by atoms with Crippen LogP contribution in [0.15, 0.2) is 35.4 Å². The zero-order valence-electron chi connectivity index (χ0n) is 12.8. The molecule has 0 saturated carbocycles. The average Bonchev–Trinajstić information content (AvgIpc) is 3.20. The van der Waals surface area contributed by atoms with Crippen molar-refractivity contribution in [3.8, 4) is 11.4 Å². The van der Waals surface area contributed by atoms with Crippen LogP contribution in [0.4, 0.5) is 0 Å². The van der Waals surface area contributed by atoms with Gasteiger partial charge in [0.05, 0.1) is 21.7 Å². The molecule has 0 unspecified atom stereocenters. The molecule has 0 aliphatic heterocycles. The van der Waals surface area contributed by atoms with Crippen molar-refractivity contribution >= 4 is 39.5 Å². The van der Waals surface area contributed by atoms with Crippen molar-refractivity contribution in [1.29, 1.82) is 0 Å². The van der Waals surface area contributed by atoms with E-state index in [9.17, 15) is 0 Å². The Balaban J connectivity index is 2.07. The molecule has 3 heterocycles. The summed E-state index contributed by atoms with van der Waals surface area (Å²) >= 11 is 1.64. The van der Waals surface area contributed by atoms with Gasteiger partial charge in [-0.05, 0) is 31.2 Å². The summed E-state index contributed by atoms with van der Waals surface area (Å²) in [6.07, 6.45) is 5.97. The van der Waals surface area contributed by atoms with Crippen molar-refractivity contribution < 1.29 is 4.52 Å². The molecule has 0 fully saturated rings. The number of para-hydroxylation sites is 1. The summed E-state index contributed by atoms with van der Waals surface area (Å²) in [5.74, 6) is 1.10. The van der Waals surface area contributed by atoms with Crippen LogP contribution in [0.1, 0.15) is 23.4 Å². The SMILES string of the molecule is C=Cc1c(/C=C\C)sc2nc3c(-c4noc(C)n4)cccc3n12. The van der Waals surface area contributed by atoms with E-state index in [1.165, 1.54) is 0 Å². The highest BCUT2D eigenvalue weighted by atomic mass is 32.1. The first-order valence-electron chi connectivity index (χ1n) is 7.22. The van der Waals surface area contributed by atoms with Gasteiger partial charge in [-0.15, -0.1) is 0 Å². The lowest BCUT2D eigenvalue weighted by Crippen LogP contribution is -1.87. The normalized spacial score (nSPS) is 11.9. The van der Waals surface area contributed by atoms with Crippen molar-refractivity contribution in [3.05, 3.63) is 47.3 Å². The summed E-state index contributed by atoms with van der Waals surface area (Å²) in [5, 5.41) is 4.02. The van der Waals surface area contributed by atoms with Gasteiger partial charge in [-0.3, -0.25) is 4.40 Å². The minimum atomic E-state index is 0.542. The molecule has 0 atom stereocenters. The van der Waals surface area contributed by atoms with Crippen molar-refractivity contribution in [3.63, 3.8) is 0 Å². The summed E-state index contributed by atoms with van der Waals surface area (Å²) in [5.41, 5.74) is 3.81. The second kappa shape index (κ2) is 5.17. The molecule has 0 radical (unpaired) electrons. The van der Waals surface area contributed by atoms with Crippen LogP contribution in [-0.4, -0.2) is 19.5 Å². The predicted octanol–water partition coefficient (Wildman–Crippen LogP) is 4.58. The van der Waals surface area contributed by atoms with Gasteiger partial charge in [-0.1, -0.05) is 35.2 Å². The third kappa shape index (κ3) is 2.03. The largest absolute Gasteiger partial charge is 0.339 e. The highest BCUT2D eigenvalue weighted by Crippen LogP contribution is 2.33. The second-order valence-electron chi connectivity index (χ2n) is 5.10. The number of fused-ring (bicyclic) bond motifs is 3. The fourth-order valence-corrected chi connectivity index (χ4v) is 3.80. The molecular weight excluding hydrogens is 308 g/mol. The number of rotatable bonds is 3. The summed E-state index contributed by atoms with van der Waals surface area (Å²) in [6.45, 7) is 7.73. The van der Waals surface area contributed by atoms with Crippen LogP contribution in [0.2, 0.25) is 0 Å². The van der Waals surface area contributed by atoms with Crippen molar-refractivity contribution in [1.82, 2.24) is 19.5 Å². The van der Waals surface area contributed by atoms with Crippen molar-refractivity contribution in [2.75, 3.05) is 0 Å². The lowest BCUT2D eigenvalue weighted by atomic mass is 10.1. The topological polar surface area (TPSA) is 56.2 Å². The average molecular weight is 322 g/mol. The Hall–Kier alpha value is -2.73. The summed E-state index contributed by atoms with van der Waals surface area (Å²) < 4.78 is 7.22. The first-order chi connectivity index (χ1) is 11.2. The third-order valence-corrected chi connectivity index (χ3v) is 4.65. The van der Waals surface area contributed by atoms with Crippen molar-refractivity contribution in [2.45, 2.75) is 13.8 Å². The maximum atomic E-state index is 5.10. The summed E-state index contributed by atoms with van der Waals surface area (Å²) in [6, 6.07) is 5.99. The number of allylic oxidation sites excluding steroid dienone is 1. The van der Waals surface area contributed by atoms with E-state index in [1.54, 1.807) is 18.3 Å². The Morgan fingerprint density at radius 1 is 1.30 bits per heavy atom. The lowest BCUT2D eigenvalue weighted by molar-refractivity contribution is 0.394. The monoisotopic (exact) mass is 322 g/mol. The van der Waals surface area contributed by atoms with E-state index in [0.717, 1.165) is 32.1 Å². The summed E-state index contributed by atoms with van der Waals surface area (Å²) in [7, 11) is 0. The van der Waals surface area contributed by atoms with Gasteiger partial charge in [-0.2, -0.15) is 4.98 Å². The number of thiazole rings is 1. The Morgan fingerprint density at radius 3 is 2.87 bits per heavy atom. The van der Waals surface area contributed by atoms with E-state index >= 15 is 0 Å². The van der Waals surface area contributed by atoms with Gasteiger partial charge in [0, 0.05) is 6.92 Å². The zero-order chi connectivity index (χ0) is 16.0. The highest BCUT2D eigenvalue weighted by Gasteiger charge is 2.18. The van der Waals surface area contributed by atoms with Crippen LogP contribution >= 0.6 is 11.3 Å². The lowest BCUT2D eigenvalue weighted by Gasteiger charge is -1.99. The number of benzene rings is 1. The van der Waals surface area contributed by atoms with E-state index in [4.69, 9.17) is 9.51 Å². The van der Waals surface area contributed by atoms with Gasteiger partial charge in [0.15, 0.2) is 4.96 Å². The van der Waals surface area contributed by atoms with Crippen LogP contribution < -0.4 is 0 Å². The van der Waals surface area contributed by atoms with Gasteiger partial charge < -0.3 is 4.52 Å². The maximum absolute atomic E-state index is 5.10. The highest BCUT2D eigenvalue weighted by molar-refractivity contribution is 7.18. The molecule has 3 aromatic heterocycles. The van der Waals surface area contributed by atoms with E-state index in [-0.39, 0.29) is 0 Å². The predicted molar refractivity (Wildman–Crippen MR) is 93.4 cm³/mol. The fourth-order valence-electron chi connectivity index (χ4n) is 2.69. The molecule has 4 rings (SSSR count). The molecule has 0 spiro atoms. The van der Waals surface area contributed by atoms with Crippen LogP contribution in [0.25, 0.3) is 39.5 Å². The van der Waals surface area contributed by atoms with Gasteiger partial charge in [0.2, 0.25) is 11.7 Å². The molecule has 6 heteroatoms. The van der Waals surface area contributed by atoms with Gasteiger partial charge in [0.25, 0.3) is 0 Å². The van der Waals surface area contributed by atoms with E-state index in [0.29, 0.717) is 11.7 Å². The molecule has 1 aromatic carbocycles. The Kier molecular flexibility index (Phi) is 3.12. The van der Waals surface area contributed by atoms with Crippen LogP contribution in [0, 0.1) is 6.92 Å². The number of aryl methyl sites for hydroxylation is 1. The second-order valence-corrected chi connectivity index (χ2v) is 6.10. The molecule has 4 aromatic rings. The van der Waals surface area contributed by atoms with E-state index in [1.807, 2.05) is 37.3 Å². The minimum absolute atomic E-state index is 0.542. The Morgan fingerprint density at radius 2 is 2.17 bits per heavy atom. The minimum Gasteiger partial charge on any atom is -0.339 e. The molecule has 0 amide bonds. The fraction of sp³-hybridized carbons (Fsp3) is 0.118. The first kappa shape index (κ1) is 13.9. The van der Waals surface area contributed by atoms with Crippen LogP contribution in [0.3, 0.4) is 0 Å². The Bertz CT molecular complexity index is 1070. The molecule has 23 heavy (non-hydrogen) atoms. The number of nitrogens with zero attached hydrogens (tertiary/aromatic N) is 4. The number of hydrogen-bond donors (Lipinski definition) is 0. The number of hydrogen-bond acceptors (Lipinski definition) is 5. The van der Waals surface area contributed by atoms with Crippen molar-refractivity contribution in [2.24, 2.45) is 0 Å². The maximum Gasteiger partial charge on any atom is 0.223 e. The Labute approximate surface area is 136 Å². The van der Waals surface area contributed by atoms with Gasteiger partial charge >= 0.3 is 0 Å². The van der Waals surface area contributed by atoms with Crippen LogP contribution in [-0.2, 0) is 0 Å². The van der Waals surface area contributed by atoms with Gasteiger partial charge in [0.1, 0.15) is 5.52 Å². The summed E-state index contributed by atoms with van der Waals surface area (Å²) in [4.78, 5) is 11.2.